The average Bonchev–Trinajstić information content (AvgIpc) is 2.46. The van der Waals surface area contributed by atoms with Gasteiger partial charge >= 0.3 is 0 Å². The molecule has 5 nitrogen and oxygen atoms in total. The predicted molar refractivity (Wildman–Crippen MR) is 65.8 cm³/mol. The van der Waals surface area contributed by atoms with Crippen molar-refractivity contribution in [1.82, 2.24) is 5.06 Å². The quantitative estimate of drug-likeness (QED) is 0.823. The summed E-state index contributed by atoms with van der Waals surface area (Å²) in [6.07, 6.45) is 1.94. The molecule has 2 rings (SSSR count). The fourth-order valence-corrected chi connectivity index (χ4v) is 1.95. The minimum Gasteiger partial charge on any atom is -0.493 e. The lowest BCUT2D eigenvalue weighted by Crippen LogP contribution is -2.35. The fourth-order valence-electron chi connectivity index (χ4n) is 1.95. The van der Waals surface area contributed by atoms with Crippen LogP contribution in [-0.2, 0) is 4.84 Å². The van der Waals surface area contributed by atoms with Crippen molar-refractivity contribution in [1.29, 1.82) is 0 Å². The maximum atomic E-state index is 12.3. The van der Waals surface area contributed by atoms with Crippen LogP contribution < -0.4 is 9.47 Å². The Morgan fingerprint density at radius 1 is 1.28 bits per heavy atom. The third-order valence-corrected chi connectivity index (χ3v) is 2.86. The van der Waals surface area contributed by atoms with Gasteiger partial charge in [-0.2, -0.15) is 0 Å². The van der Waals surface area contributed by atoms with E-state index in [0.29, 0.717) is 30.2 Å². The van der Waals surface area contributed by atoms with Crippen molar-refractivity contribution in [2.75, 3.05) is 27.4 Å². The molecule has 18 heavy (non-hydrogen) atoms. The molecule has 0 unspecified atom stereocenters. The molecule has 1 amide bonds. The summed E-state index contributed by atoms with van der Waals surface area (Å²) >= 11 is 0. The monoisotopic (exact) mass is 251 g/mol. The van der Waals surface area contributed by atoms with Gasteiger partial charge in [-0.15, -0.1) is 0 Å². The van der Waals surface area contributed by atoms with Crippen molar-refractivity contribution in [3.63, 3.8) is 0 Å². The molecule has 1 saturated heterocycles. The van der Waals surface area contributed by atoms with Crippen LogP contribution in [0, 0.1) is 0 Å². The van der Waals surface area contributed by atoms with Crippen molar-refractivity contribution in [3.05, 3.63) is 23.8 Å². The molecule has 1 aliphatic heterocycles. The number of nitrogens with zero attached hydrogens (tertiary/aromatic N) is 1. The zero-order valence-electron chi connectivity index (χ0n) is 10.6. The molecule has 0 atom stereocenters. The van der Waals surface area contributed by atoms with Crippen molar-refractivity contribution in [2.24, 2.45) is 0 Å². The molecule has 0 N–H and O–H groups in total. The van der Waals surface area contributed by atoms with Crippen molar-refractivity contribution >= 4 is 5.91 Å². The Kier molecular flexibility index (Phi) is 4.04. The van der Waals surface area contributed by atoms with E-state index in [1.165, 1.54) is 12.2 Å². The summed E-state index contributed by atoms with van der Waals surface area (Å²) < 4.78 is 10.4. The number of rotatable bonds is 3. The van der Waals surface area contributed by atoms with Crippen LogP contribution in [0.4, 0.5) is 0 Å². The second-order valence-corrected chi connectivity index (χ2v) is 3.99. The highest BCUT2D eigenvalue weighted by Crippen LogP contribution is 2.31. The van der Waals surface area contributed by atoms with E-state index in [2.05, 4.69) is 0 Å². The zero-order chi connectivity index (χ0) is 13.0. The van der Waals surface area contributed by atoms with Gasteiger partial charge in [-0.3, -0.25) is 9.63 Å². The smallest absolute Gasteiger partial charge is 0.281 e. The summed E-state index contributed by atoms with van der Waals surface area (Å²) in [5.74, 6) is 0.796. The molecule has 0 radical (unpaired) electrons. The van der Waals surface area contributed by atoms with Crippen LogP contribution in [0.5, 0.6) is 11.5 Å². The van der Waals surface area contributed by atoms with E-state index in [1.807, 2.05) is 0 Å². The van der Waals surface area contributed by atoms with Crippen LogP contribution in [0.25, 0.3) is 0 Å². The van der Waals surface area contributed by atoms with Crippen LogP contribution in [-0.4, -0.2) is 38.3 Å². The lowest BCUT2D eigenvalue weighted by molar-refractivity contribution is -0.144. The van der Waals surface area contributed by atoms with E-state index in [9.17, 15) is 4.79 Å². The Morgan fingerprint density at radius 3 is 2.72 bits per heavy atom. The minimum atomic E-state index is -0.189. The molecule has 1 aromatic rings. The van der Waals surface area contributed by atoms with Crippen LogP contribution in [0.1, 0.15) is 23.2 Å². The predicted octanol–water partition coefficient (Wildman–Crippen LogP) is 1.87. The SMILES string of the molecule is COc1cccc(C(=O)N2CCCCO2)c1OC. The normalized spacial score (nSPS) is 15.3. The van der Waals surface area contributed by atoms with E-state index in [-0.39, 0.29) is 5.91 Å². The average molecular weight is 251 g/mol. The molecule has 0 saturated carbocycles. The number of hydrogen-bond donors (Lipinski definition) is 0. The molecule has 1 aliphatic rings. The van der Waals surface area contributed by atoms with E-state index >= 15 is 0 Å². The largest absolute Gasteiger partial charge is 0.493 e. The lowest BCUT2D eigenvalue weighted by Gasteiger charge is -2.26. The maximum Gasteiger partial charge on any atom is 0.281 e. The Morgan fingerprint density at radius 2 is 2.11 bits per heavy atom. The number of methoxy groups -OCH3 is 2. The lowest BCUT2D eigenvalue weighted by atomic mass is 10.1. The van der Waals surface area contributed by atoms with Gasteiger partial charge in [0.1, 0.15) is 0 Å². The van der Waals surface area contributed by atoms with Gasteiger partial charge in [0.05, 0.1) is 26.4 Å². The fraction of sp³-hybridized carbons (Fsp3) is 0.462. The minimum absolute atomic E-state index is 0.189. The summed E-state index contributed by atoms with van der Waals surface area (Å²) in [6.45, 7) is 1.19. The first-order valence-electron chi connectivity index (χ1n) is 5.93. The van der Waals surface area contributed by atoms with Crippen LogP contribution >= 0.6 is 0 Å². The molecule has 0 aromatic heterocycles. The summed E-state index contributed by atoms with van der Waals surface area (Å²) in [7, 11) is 3.06. The van der Waals surface area contributed by atoms with Gasteiger partial charge in [0, 0.05) is 6.54 Å². The van der Waals surface area contributed by atoms with Gasteiger partial charge in [0.15, 0.2) is 11.5 Å². The van der Waals surface area contributed by atoms with Gasteiger partial charge in [0.2, 0.25) is 0 Å². The molecule has 98 valence electrons. The molecule has 1 fully saturated rings. The number of para-hydroxylation sites is 1. The first-order valence-corrected chi connectivity index (χ1v) is 5.93. The topological polar surface area (TPSA) is 48.0 Å². The Bertz CT molecular complexity index is 427. The molecule has 1 heterocycles. The maximum absolute atomic E-state index is 12.3. The number of benzene rings is 1. The van der Waals surface area contributed by atoms with Crippen molar-refractivity contribution in [2.45, 2.75) is 12.8 Å². The van der Waals surface area contributed by atoms with Gasteiger partial charge in [-0.25, -0.2) is 5.06 Å². The molecule has 0 spiro atoms. The summed E-state index contributed by atoms with van der Waals surface area (Å²) in [4.78, 5) is 17.7. The van der Waals surface area contributed by atoms with E-state index < -0.39 is 0 Å². The highest BCUT2D eigenvalue weighted by atomic mass is 16.7. The molecule has 5 heteroatoms. The Balaban J connectivity index is 2.28. The zero-order valence-corrected chi connectivity index (χ0v) is 10.6. The highest BCUT2D eigenvalue weighted by Gasteiger charge is 2.24. The Labute approximate surface area is 106 Å². The molecule has 0 bridgehead atoms. The number of carbonyl (C=O) groups excluding carboxylic acids is 1. The van der Waals surface area contributed by atoms with E-state index in [4.69, 9.17) is 14.3 Å². The van der Waals surface area contributed by atoms with Gasteiger partial charge in [-0.05, 0) is 25.0 Å². The molecular weight excluding hydrogens is 234 g/mol. The second kappa shape index (κ2) is 5.73. The van der Waals surface area contributed by atoms with E-state index in [0.717, 1.165) is 12.8 Å². The van der Waals surface area contributed by atoms with Gasteiger partial charge < -0.3 is 9.47 Å². The number of hydroxylamine groups is 2. The van der Waals surface area contributed by atoms with Crippen molar-refractivity contribution < 1.29 is 19.1 Å². The third-order valence-electron chi connectivity index (χ3n) is 2.86. The summed E-state index contributed by atoms with van der Waals surface area (Å²) in [6, 6.07) is 5.23. The first kappa shape index (κ1) is 12.7. The molecular formula is C13H17NO4. The second-order valence-electron chi connectivity index (χ2n) is 3.99. The number of carbonyl (C=O) groups is 1. The van der Waals surface area contributed by atoms with Gasteiger partial charge in [-0.1, -0.05) is 6.07 Å². The Hall–Kier alpha value is -1.75. The molecule has 1 aromatic carbocycles. The summed E-state index contributed by atoms with van der Waals surface area (Å²) in [5, 5.41) is 1.39. The number of hydrogen-bond acceptors (Lipinski definition) is 4. The van der Waals surface area contributed by atoms with Gasteiger partial charge in [0.25, 0.3) is 5.91 Å². The van der Waals surface area contributed by atoms with Crippen LogP contribution in [0.3, 0.4) is 0 Å². The molecule has 0 aliphatic carbocycles. The van der Waals surface area contributed by atoms with Crippen molar-refractivity contribution in [3.8, 4) is 11.5 Å². The first-order chi connectivity index (χ1) is 8.77. The number of ether oxygens (including phenoxy) is 2. The third kappa shape index (κ3) is 2.41. The summed E-state index contributed by atoms with van der Waals surface area (Å²) in [5.41, 5.74) is 0.457. The highest BCUT2D eigenvalue weighted by molar-refractivity contribution is 5.97. The van der Waals surface area contributed by atoms with Crippen LogP contribution in [0.2, 0.25) is 0 Å². The van der Waals surface area contributed by atoms with E-state index in [1.54, 1.807) is 25.3 Å². The number of amides is 1. The standard InChI is InChI=1S/C13H17NO4/c1-16-11-7-5-6-10(12(11)17-2)13(15)14-8-3-4-9-18-14/h5-7H,3-4,8-9H2,1-2H3. The van der Waals surface area contributed by atoms with Crippen LogP contribution in [0.15, 0.2) is 18.2 Å².